The number of hydrogen-bond donors (Lipinski definition) is 1. The summed E-state index contributed by atoms with van der Waals surface area (Å²) in [5.74, 6) is -0.212. The molecule has 1 fully saturated rings. The lowest BCUT2D eigenvalue weighted by Gasteiger charge is -2.30. The first-order valence-corrected chi connectivity index (χ1v) is 7.14. The van der Waals surface area contributed by atoms with Crippen LogP contribution in [0.2, 0.25) is 0 Å². The number of nitrogens with one attached hydrogen (secondary N) is 1. The van der Waals surface area contributed by atoms with E-state index in [1.807, 2.05) is 13.0 Å². The van der Waals surface area contributed by atoms with E-state index in [2.05, 4.69) is 21.2 Å². The summed E-state index contributed by atoms with van der Waals surface area (Å²) in [7, 11) is 1.77. The van der Waals surface area contributed by atoms with E-state index in [1.54, 1.807) is 13.2 Å². The van der Waals surface area contributed by atoms with Crippen molar-refractivity contribution < 1.29 is 9.13 Å². The molecular formula is C14H19BrFNO. The van der Waals surface area contributed by atoms with E-state index in [1.165, 1.54) is 6.42 Å². The minimum atomic E-state index is -0.212. The highest BCUT2D eigenvalue weighted by molar-refractivity contribution is 9.10. The van der Waals surface area contributed by atoms with Crippen molar-refractivity contribution in [2.24, 2.45) is 0 Å². The number of halogens is 2. The molecule has 100 valence electrons. The second kappa shape index (κ2) is 6.02. The second-order valence-corrected chi connectivity index (χ2v) is 5.80. The molecule has 1 saturated carbocycles. The molecule has 0 radical (unpaired) electrons. The molecule has 1 N–H and O–H groups in total. The molecule has 2 atom stereocenters. The van der Waals surface area contributed by atoms with Gasteiger partial charge in [0.05, 0.1) is 10.6 Å². The van der Waals surface area contributed by atoms with Gasteiger partial charge in [0.25, 0.3) is 0 Å². The van der Waals surface area contributed by atoms with Gasteiger partial charge in [-0.05, 0) is 66.2 Å². The highest BCUT2D eigenvalue weighted by Crippen LogP contribution is 2.28. The van der Waals surface area contributed by atoms with Crippen molar-refractivity contribution >= 4 is 21.6 Å². The molecule has 2 unspecified atom stereocenters. The predicted octanol–water partition coefficient (Wildman–Crippen LogP) is 4.27. The first kappa shape index (κ1) is 13.8. The molecule has 4 heteroatoms. The second-order valence-electron chi connectivity index (χ2n) is 4.95. The summed E-state index contributed by atoms with van der Waals surface area (Å²) in [6, 6.07) is 3.80. The average molecular weight is 316 g/mol. The Bertz CT molecular complexity index is 425. The lowest BCUT2D eigenvalue weighted by atomic mass is 9.92. The van der Waals surface area contributed by atoms with Crippen LogP contribution in [0.5, 0.6) is 0 Å². The monoisotopic (exact) mass is 315 g/mol. The van der Waals surface area contributed by atoms with Crippen molar-refractivity contribution in [3.63, 3.8) is 0 Å². The minimum absolute atomic E-state index is 0.212. The largest absolute Gasteiger partial charge is 0.382 e. The van der Waals surface area contributed by atoms with Gasteiger partial charge in [0.15, 0.2) is 0 Å². The number of methoxy groups -OCH3 is 1. The number of anilines is 1. The average Bonchev–Trinajstić information content (AvgIpc) is 2.36. The van der Waals surface area contributed by atoms with Crippen LogP contribution in [-0.2, 0) is 4.74 Å². The molecule has 0 heterocycles. The molecule has 18 heavy (non-hydrogen) atoms. The van der Waals surface area contributed by atoms with Gasteiger partial charge in [-0.3, -0.25) is 0 Å². The Labute approximate surface area is 116 Å². The molecule has 0 bridgehead atoms. The van der Waals surface area contributed by atoms with Crippen molar-refractivity contribution in [3.05, 3.63) is 28.0 Å². The normalized spacial score (nSPS) is 24.0. The van der Waals surface area contributed by atoms with Crippen LogP contribution in [0.15, 0.2) is 16.6 Å². The Balaban J connectivity index is 2.07. The predicted molar refractivity (Wildman–Crippen MR) is 75.5 cm³/mol. The van der Waals surface area contributed by atoms with Gasteiger partial charge in [0.1, 0.15) is 5.82 Å². The lowest BCUT2D eigenvalue weighted by molar-refractivity contribution is 0.0669. The summed E-state index contributed by atoms with van der Waals surface area (Å²) < 4.78 is 19.3. The molecule has 2 rings (SSSR count). The van der Waals surface area contributed by atoms with Crippen molar-refractivity contribution in [2.75, 3.05) is 12.4 Å². The van der Waals surface area contributed by atoms with E-state index in [9.17, 15) is 4.39 Å². The van der Waals surface area contributed by atoms with Gasteiger partial charge in [0, 0.05) is 18.8 Å². The zero-order chi connectivity index (χ0) is 13.1. The third kappa shape index (κ3) is 3.23. The molecule has 0 aromatic heterocycles. The molecule has 1 aliphatic carbocycles. The number of ether oxygens (including phenoxy) is 1. The molecule has 0 saturated heterocycles. The Morgan fingerprint density at radius 2 is 2.17 bits per heavy atom. The zero-order valence-electron chi connectivity index (χ0n) is 10.8. The minimum Gasteiger partial charge on any atom is -0.382 e. The highest BCUT2D eigenvalue weighted by atomic mass is 79.9. The quantitative estimate of drug-likeness (QED) is 0.899. The standard InChI is InChI=1S/C14H19BrFNO/c1-9-6-13(16)12(15)8-14(9)17-10-4-3-5-11(7-10)18-2/h6,8,10-11,17H,3-5,7H2,1-2H3. The van der Waals surface area contributed by atoms with Crippen LogP contribution in [0, 0.1) is 12.7 Å². The van der Waals surface area contributed by atoms with Crippen LogP contribution >= 0.6 is 15.9 Å². The number of aryl methyl sites for hydroxylation is 1. The Hall–Kier alpha value is -0.610. The first-order chi connectivity index (χ1) is 8.60. The van der Waals surface area contributed by atoms with E-state index in [0.717, 1.165) is 30.5 Å². The third-order valence-electron chi connectivity index (χ3n) is 3.59. The lowest BCUT2D eigenvalue weighted by Crippen LogP contribution is -2.31. The van der Waals surface area contributed by atoms with E-state index in [-0.39, 0.29) is 5.82 Å². The maximum atomic E-state index is 13.4. The molecule has 2 nitrogen and oxygen atoms in total. The molecule has 1 aromatic rings. The summed E-state index contributed by atoms with van der Waals surface area (Å²) >= 11 is 3.23. The fourth-order valence-corrected chi connectivity index (χ4v) is 2.86. The summed E-state index contributed by atoms with van der Waals surface area (Å²) in [4.78, 5) is 0. The van der Waals surface area contributed by atoms with Crippen molar-refractivity contribution in [1.82, 2.24) is 0 Å². The van der Waals surface area contributed by atoms with Crippen LogP contribution < -0.4 is 5.32 Å². The van der Waals surface area contributed by atoms with Crippen LogP contribution in [0.4, 0.5) is 10.1 Å². The van der Waals surface area contributed by atoms with E-state index < -0.39 is 0 Å². The molecule has 0 spiro atoms. The van der Waals surface area contributed by atoms with E-state index in [0.29, 0.717) is 16.6 Å². The first-order valence-electron chi connectivity index (χ1n) is 6.35. The maximum absolute atomic E-state index is 13.4. The van der Waals surface area contributed by atoms with Crippen LogP contribution in [0.25, 0.3) is 0 Å². The van der Waals surface area contributed by atoms with Gasteiger partial charge in [-0.1, -0.05) is 0 Å². The maximum Gasteiger partial charge on any atom is 0.137 e. The summed E-state index contributed by atoms with van der Waals surface area (Å²) in [6.07, 6.45) is 4.83. The van der Waals surface area contributed by atoms with Crippen molar-refractivity contribution in [2.45, 2.75) is 44.8 Å². The Morgan fingerprint density at radius 3 is 2.89 bits per heavy atom. The van der Waals surface area contributed by atoms with E-state index >= 15 is 0 Å². The van der Waals surface area contributed by atoms with Gasteiger partial charge >= 0.3 is 0 Å². The van der Waals surface area contributed by atoms with Crippen molar-refractivity contribution in [3.8, 4) is 0 Å². The van der Waals surface area contributed by atoms with Gasteiger partial charge in [-0.2, -0.15) is 0 Å². The van der Waals surface area contributed by atoms with Crippen LogP contribution in [0.1, 0.15) is 31.2 Å². The molecule has 0 aliphatic heterocycles. The Kier molecular flexibility index (Phi) is 4.62. The fourth-order valence-electron chi connectivity index (χ4n) is 2.51. The van der Waals surface area contributed by atoms with Crippen LogP contribution in [-0.4, -0.2) is 19.3 Å². The van der Waals surface area contributed by atoms with E-state index in [4.69, 9.17) is 4.74 Å². The van der Waals surface area contributed by atoms with Gasteiger partial charge in [0.2, 0.25) is 0 Å². The molecule has 0 amide bonds. The Morgan fingerprint density at radius 1 is 1.39 bits per heavy atom. The summed E-state index contributed by atoms with van der Waals surface area (Å²) in [6.45, 7) is 1.93. The fraction of sp³-hybridized carbons (Fsp3) is 0.571. The molecular weight excluding hydrogens is 297 g/mol. The summed E-state index contributed by atoms with van der Waals surface area (Å²) in [5, 5.41) is 3.50. The zero-order valence-corrected chi connectivity index (χ0v) is 12.4. The highest BCUT2D eigenvalue weighted by Gasteiger charge is 2.22. The topological polar surface area (TPSA) is 21.3 Å². The number of benzene rings is 1. The SMILES string of the molecule is COC1CCCC(Nc2cc(Br)c(F)cc2C)C1. The van der Waals surface area contributed by atoms with Gasteiger partial charge in [-0.25, -0.2) is 4.39 Å². The van der Waals surface area contributed by atoms with Gasteiger partial charge < -0.3 is 10.1 Å². The smallest absolute Gasteiger partial charge is 0.137 e. The molecule has 1 aromatic carbocycles. The summed E-state index contributed by atoms with van der Waals surface area (Å²) in [5.41, 5.74) is 1.94. The van der Waals surface area contributed by atoms with Crippen molar-refractivity contribution in [1.29, 1.82) is 0 Å². The molecule has 1 aliphatic rings. The third-order valence-corrected chi connectivity index (χ3v) is 4.19. The number of rotatable bonds is 3. The van der Waals surface area contributed by atoms with Crippen LogP contribution in [0.3, 0.4) is 0 Å². The number of hydrogen-bond acceptors (Lipinski definition) is 2. The van der Waals surface area contributed by atoms with Gasteiger partial charge in [-0.15, -0.1) is 0 Å².